The van der Waals surface area contributed by atoms with Gasteiger partial charge in [-0.1, -0.05) is 54.4 Å². The smallest absolute Gasteiger partial charge is 0.303 e. The van der Waals surface area contributed by atoms with Crippen molar-refractivity contribution >= 4 is 5.97 Å². The summed E-state index contributed by atoms with van der Waals surface area (Å²) >= 11 is 0. The van der Waals surface area contributed by atoms with E-state index in [1.165, 1.54) is 29.5 Å². The number of fused-ring (bicyclic) bond motifs is 2. The van der Waals surface area contributed by atoms with Crippen LogP contribution in [0.4, 0.5) is 0 Å². The molecule has 0 radical (unpaired) electrons. The van der Waals surface area contributed by atoms with Crippen molar-refractivity contribution in [2.24, 2.45) is 0 Å². The third kappa shape index (κ3) is 4.42. The van der Waals surface area contributed by atoms with Gasteiger partial charge in [0.2, 0.25) is 0 Å². The van der Waals surface area contributed by atoms with Gasteiger partial charge in [-0.15, -0.1) is 0 Å². The van der Waals surface area contributed by atoms with E-state index in [4.69, 9.17) is 0 Å². The van der Waals surface area contributed by atoms with Crippen LogP contribution in [0, 0.1) is 0 Å². The minimum Gasteiger partial charge on any atom is -0.507 e. The summed E-state index contributed by atoms with van der Waals surface area (Å²) in [6, 6.07) is 0. The zero-order valence-electron chi connectivity index (χ0n) is 17.5. The van der Waals surface area contributed by atoms with Crippen molar-refractivity contribution in [3.8, 4) is 5.75 Å². The molecule has 0 spiro atoms. The molecule has 146 valence electrons. The normalized spacial score (nSPS) is 15.9. The van der Waals surface area contributed by atoms with E-state index in [0.29, 0.717) is 12.2 Å². The molecule has 2 N–H and O–H groups in total. The van der Waals surface area contributed by atoms with Crippen LogP contribution in [0.25, 0.3) is 0 Å². The molecular formula is C23H36O3. The van der Waals surface area contributed by atoms with Crippen LogP contribution >= 0.6 is 0 Å². The summed E-state index contributed by atoms with van der Waals surface area (Å²) in [4.78, 5) is 11.3. The van der Waals surface area contributed by atoms with E-state index in [1.54, 1.807) is 0 Å². The summed E-state index contributed by atoms with van der Waals surface area (Å²) in [5, 5.41) is 20.7. The highest BCUT2D eigenvalue weighted by molar-refractivity contribution is 5.68. The Morgan fingerprint density at radius 3 is 1.62 bits per heavy atom. The third-order valence-corrected chi connectivity index (χ3v) is 5.50. The average molecular weight is 361 g/mol. The number of phenols is 1. The maximum absolute atomic E-state index is 11.4. The van der Waals surface area contributed by atoms with Gasteiger partial charge in [0.25, 0.3) is 0 Å². The van der Waals surface area contributed by atoms with Crippen LogP contribution in [-0.2, 0) is 34.9 Å². The molecule has 0 aromatic heterocycles. The van der Waals surface area contributed by atoms with Crippen molar-refractivity contribution in [3.63, 3.8) is 0 Å². The predicted molar refractivity (Wildman–Crippen MR) is 107 cm³/mol. The quantitative estimate of drug-likeness (QED) is 0.731. The van der Waals surface area contributed by atoms with Crippen LogP contribution in [0.1, 0.15) is 101 Å². The van der Waals surface area contributed by atoms with Gasteiger partial charge < -0.3 is 10.2 Å². The van der Waals surface area contributed by atoms with Gasteiger partial charge in [-0.3, -0.25) is 4.79 Å². The number of aromatic hydroxyl groups is 1. The minimum absolute atomic E-state index is 0.151. The second-order valence-electron chi connectivity index (χ2n) is 9.84. The number of carboxylic acid groups (broad SMARTS) is 1. The van der Waals surface area contributed by atoms with Gasteiger partial charge in [0.15, 0.2) is 0 Å². The first kappa shape index (κ1) is 20.8. The Balaban J connectivity index is 2.87. The van der Waals surface area contributed by atoms with E-state index in [2.05, 4.69) is 41.5 Å². The molecule has 1 aliphatic carbocycles. The molecule has 0 unspecified atom stereocenters. The van der Waals surface area contributed by atoms with Gasteiger partial charge in [0.05, 0.1) is 0 Å². The highest BCUT2D eigenvalue weighted by Gasteiger charge is 2.33. The van der Waals surface area contributed by atoms with Gasteiger partial charge in [0.1, 0.15) is 5.75 Å². The lowest BCUT2D eigenvalue weighted by Crippen LogP contribution is -2.24. The zero-order chi connectivity index (χ0) is 19.7. The highest BCUT2D eigenvalue weighted by atomic mass is 16.4. The SMILES string of the molecule is CC(C)(C)c1c(O)c(C(C)(C)C)c2c(CCC(=O)O)c1CCCCCC2. The fourth-order valence-electron chi connectivity index (χ4n) is 4.55. The number of rotatable bonds is 3. The number of benzene rings is 1. The second-order valence-corrected chi connectivity index (χ2v) is 9.84. The Kier molecular flexibility index (Phi) is 6.09. The van der Waals surface area contributed by atoms with Gasteiger partial charge in [-0.25, -0.2) is 0 Å². The molecule has 0 saturated heterocycles. The summed E-state index contributed by atoms with van der Waals surface area (Å²) in [6.45, 7) is 12.9. The standard InChI is InChI=1S/C23H36O3/c1-22(2,3)19-16-11-9-7-8-10-12-17(15(16)13-14-18(24)25)20(21(19)26)23(4,5)6/h26H,7-14H2,1-6H3,(H,24,25). The number of carboxylic acids is 1. The fourth-order valence-corrected chi connectivity index (χ4v) is 4.55. The van der Waals surface area contributed by atoms with Crippen LogP contribution in [0.15, 0.2) is 0 Å². The van der Waals surface area contributed by atoms with Gasteiger partial charge in [-0.05, 0) is 59.6 Å². The number of carbonyl (C=O) groups is 1. The molecule has 3 nitrogen and oxygen atoms in total. The molecule has 0 amide bonds. The van der Waals surface area contributed by atoms with E-state index in [-0.39, 0.29) is 17.3 Å². The first-order valence-corrected chi connectivity index (χ1v) is 10.1. The van der Waals surface area contributed by atoms with Crippen molar-refractivity contribution in [1.82, 2.24) is 0 Å². The first-order chi connectivity index (χ1) is 11.9. The number of hydrogen-bond donors (Lipinski definition) is 2. The van der Waals surface area contributed by atoms with E-state index in [0.717, 1.165) is 36.8 Å². The van der Waals surface area contributed by atoms with Crippen LogP contribution in [0.2, 0.25) is 0 Å². The molecule has 1 aromatic carbocycles. The van der Waals surface area contributed by atoms with Crippen LogP contribution in [-0.4, -0.2) is 16.2 Å². The van der Waals surface area contributed by atoms with E-state index in [9.17, 15) is 15.0 Å². The monoisotopic (exact) mass is 360 g/mol. The topological polar surface area (TPSA) is 57.5 Å². The van der Waals surface area contributed by atoms with Crippen molar-refractivity contribution in [2.45, 2.75) is 104 Å². The van der Waals surface area contributed by atoms with Crippen molar-refractivity contribution in [1.29, 1.82) is 0 Å². The number of hydrogen-bond acceptors (Lipinski definition) is 2. The molecule has 0 aliphatic heterocycles. The Morgan fingerprint density at radius 2 is 1.27 bits per heavy atom. The molecule has 2 rings (SSSR count). The maximum Gasteiger partial charge on any atom is 0.303 e. The molecule has 2 bridgehead atoms. The summed E-state index contributed by atoms with van der Waals surface area (Å²) in [5.74, 6) is -0.296. The van der Waals surface area contributed by atoms with Gasteiger partial charge in [0, 0.05) is 17.5 Å². The second kappa shape index (κ2) is 7.62. The Labute approximate surface area is 158 Å². The third-order valence-electron chi connectivity index (χ3n) is 5.50. The van der Waals surface area contributed by atoms with E-state index in [1.807, 2.05) is 0 Å². The minimum atomic E-state index is -0.750. The fraction of sp³-hybridized carbons (Fsp3) is 0.696. The molecule has 0 fully saturated rings. The first-order valence-electron chi connectivity index (χ1n) is 10.1. The maximum atomic E-state index is 11.4. The van der Waals surface area contributed by atoms with E-state index >= 15 is 0 Å². The largest absolute Gasteiger partial charge is 0.507 e. The molecule has 3 heteroatoms. The van der Waals surface area contributed by atoms with Crippen molar-refractivity contribution < 1.29 is 15.0 Å². The lowest BCUT2D eigenvalue weighted by atomic mass is 9.71. The predicted octanol–water partition coefficient (Wildman–Crippen LogP) is 5.66. The van der Waals surface area contributed by atoms with Crippen LogP contribution < -0.4 is 0 Å². The summed E-state index contributed by atoms with van der Waals surface area (Å²) in [6.07, 6.45) is 7.20. The van der Waals surface area contributed by atoms with Crippen LogP contribution in [0.5, 0.6) is 5.75 Å². The lowest BCUT2D eigenvalue weighted by molar-refractivity contribution is -0.136. The van der Waals surface area contributed by atoms with Gasteiger partial charge in [-0.2, -0.15) is 0 Å². The highest BCUT2D eigenvalue weighted by Crippen LogP contribution is 2.46. The number of aliphatic carboxylic acids is 1. The Morgan fingerprint density at radius 1 is 0.846 bits per heavy atom. The van der Waals surface area contributed by atoms with Crippen molar-refractivity contribution in [2.75, 3.05) is 0 Å². The van der Waals surface area contributed by atoms with Crippen LogP contribution in [0.3, 0.4) is 0 Å². The molecule has 26 heavy (non-hydrogen) atoms. The summed E-state index contributed by atoms with van der Waals surface area (Å²) < 4.78 is 0. The molecule has 0 heterocycles. The molecule has 0 atom stereocenters. The summed E-state index contributed by atoms with van der Waals surface area (Å²) in [5.41, 5.74) is 5.37. The molecule has 1 aliphatic rings. The summed E-state index contributed by atoms with van der Waals surface area (Å²) in [7, 11) is 0. The lowest BCUT2D eigenvalue weighted by Gasteiger charge is -2.34. The molecule has 0 saturated carbocycles. The number of phenolic OH excluding ortho intramolecular Hbond substituents is 1. The zero-order valence-corrected chi connectivity index (χ0v) is 17.5. The van der Waals surface area contributed by atoms with E-state index < -0.39 is 5.97 Å². The average Bonchev–Trinajstić information content (AvgIpc) is 2.52. The van der Waals surface area contributed by atoms with Gasteiger partial charge >= 0.3 is 5.97 Å². The molecular weight excluding hydrogens is 324 g/mol. The molecule has 1 aromatic rings. The Hall–Kier alpha value is -1.51. The Bertz CT molecular complexity index is 625. The van der Waals surface area contributed by atoms with Crippen molar-refractivity contribution in [3.05, 3.63) is 27.8 Å².